The van der Waals surface area contributed by atoms with Crippen LogP contribution < -0.4 is 0 Å². The van der Waals surface area contributed by atoms with Gasteiger partial charge in [-0.2, -0.15) is 0 Å². The number of aliphatic carboxylic acids is 1. The van der Waals surface area contributed by atoms with Crippen LogP contribution in [0.4, 0.5) is 0 Å². The minimum atomic E-state index is -0.833. The molecule has 0 aliphatic heterocycles. The molecule has 0 saturated carbocycles. The third-order valence-corrected chi connectivity index (χ3v) is 0.348. The van der Waals surface area contributed by atoms with E-state index in [9.17, 15) is 4.79 Å². The molecular formula is C7H16O6. The molecule has 0 heterocycles. The predicted molar refractivity (Wildman–Crippen MR) is 46.4 cm³/mol. The van der Waals surface area contributed by atoms with Crippen LogP contribution >= 0.6 is 0 Å². The van der Waals surface area contributed by atoms with Crippen molar-refractivity contribution in [3.05, 3.63) is 0 Å². The second-order valence-electron chi connectivity index (χ2n) is 1.44. The van der Waals surface area contributed by atoms with Crippen LogP contribution in [-0.2, 0) is 19.1 Å². The van der Waals surface area contributed by atoms with Crippen LogP contribution in [-0.4, -0.2) is 35.9 Å². The van der Waals surface area contributed by atoms with Crippen LogP contribution in [0.5, 0.6) is 0 Å². The van der Waals surface area contributed by atoms with Gasteiger partial charge < -0.3 is 20.1 Å². The fourth-order valence-corrected chi connectivity index (χ4v) is 0.203. The molecule has 0 aliphatic carbocycles. The van der Waals surface area contributed by atoms with Crippen LogP contribution in [0.25, 0.3) is 0 Å². The van der Waals surface area contributed by atoms with E-state index in [2.05, 4.69) is 4.74 Å². The summed E-state index contributed by atoms with van der Waals surface area (Å²) in [6.45, 7) is 6.74. The van der Waals surface area contributed by atoms with E-state index in [0.717, 1.165) is 6.92 Å². The first-order valence-electron chi connectivity index (χ1n) is 3.12. The molecule has 0 aromatic carbocycles. The van der Waals surface area contributed by atoms with Crippen molar-refractivity contribution in [3.8, 4) is 0 Å². The Morgan fingerprint density at radius 2 is 1.54 bits per heavy atom. The van der Waals surface area contributed by atoms with Crippen molar-refractivity contribution < 1.29 is 29.7 Å². The minimum absolute atomic E-state index is 0. The van der Waals surface area contributed by atoms with E-state index >= 15 is 0 Å². The molecule has 13 heavy (non-hydrogen) atoms. The molecule has 6 heteroatoms. The van der Waals surface area contributed by atoms with Gasteiger partial charge in [-0.3, -0.25) is 9.59 Å². The highest BCUT2D eigenvalue weighted by Gasteiger charge is 1.81. The standard InChI is InChI=1S/C4H8O2.C2H4O2.CH2O.H2O/c1-3-6-4(2)5;1-2(3)4;1-2;/h3H2,1-2H3;1H3,(H,3,4);1H2;1H2. The fourth-order valence-electron chi connectivity index (χ4n) is 0.203. The molecule has 0 radical (unpaired) electrons. The average molecular weight is 196 g/mol. The number of hydrogen-bond donors (Lipinski definition) is 1. The summed E-state index contributed by atoms with van der Waals surface area (Å²) in [4.78, 5) is 26.8. The van der Waals surface area contributed by atoms with E-state index in [-0.39, 0.29) is 11.4 Å². The Kier molecular flexibility index (Phi) is 38.9. The molecule has 0 rings (SSSR count). The molecule has 80 valence electrons. The Labute approximate surface area is 76.8 Å². The topological polar surface area (TPSA) is 112 Å². The van der Waals surface area contributed by atoms with Crippen LogP contribution in [0.1, 0.15) is 20.8 Å². The second kappa shape index (κ2) is 22.4. The van der Waals surface area contributed by atoms with Gasteiger partial charge in [0.1, 0.15) is 6.79 Å². The third-order valence-electron chi connectivity index (χ3n) is 0.348. The molecule has 0 aromatic rings. The molecule has 0 atom stereocenters. The zero-order valence-corrected chi connectivity index (χ0v) is 7.99. The van der Waals surface area contributed by atoms with E-state index < -0.39 is 5.97 Å². The lowest BCUT2D eigenvalue weighted by molar-refractivity contribution is -0.140. The van der Waals surface area contributed by atoms with Crippen LogP contribution in [0.3, 0.4) is 0 Å². The average Bonchev–Trinajstić information content (AvgIpc) is 1.90. The third kappa shape index (κ3) is 315. The van der Waals surface area contributed by atoms with Gasteiger partial charge in [-0.25, -0.2) is 0 Å². The normalized spacial score (nSPS) is 5.77. The number of carboxylic acids is 1. The van der Waals surface area contributed by atoms with Gasteiger partial charge in [0.15, 0.2) is 0 Å². The van der Waals surface area contributed by atoms with Gasteiger partial charge in [0.05, 0.1) is 6.61 Å². The van der Waals surface area contributed by atoms with Crippen molar-refractivity contribution in [1.29, 1.82) is 0 Å². The summed E-state index contributed by atoms with van der Waals surface area (Å²) in [5, 5.41) is 7.42. The molecule has 0 saturated heterocycles. The predicted octanol–water partition coefficient (Wildman–Crippen LogP) is -0.349. The molecule has 0 amide bonds. The summed E-state index contributed by atoms with van der Waals surface area (Å²) in [6.07, 6.45) is 0. The zero-order valence-electron chi connectivity index (χ0n) is 7.99. The summed E-state index contributed by atoms with van der Waals surface area (Å²) in [6, 6.07) is 0. The Balaban J connectivity index is -0.0000000512. The number of rotatable bonds is 1. The van der Waals surface area contributed by atoms with Crippen molar-refractivity contribution >= 4 is 18.7 Å². The van der Waals surface area contributed by atoms with Crippen LogP contribution in [0.2, 0.25) is 0 Å². The Morgan fingerprint density at radius 3 is 1.54 bits per heavy atom. The first kappa shape index (κ1) is 22.6. The number of carbonyl (C=O) groups is 3. The van der Waals surface area contributed by atoms with E-state index in [1.165, 1.54) is 6.92 Å². The fraction of sp³-hybridized carbons (Fsp3) is 0.571. The first-order valence-corrected chi connectivity index (χ1v) is 3.12. The van der Waals surface area contributed by atoms with Gasteiger partial charge >= 0.3 is 5.97 Å². The Bertz CT molecular complexity index is 118. The number of carboxylic acid groups (broad SMARTS) is 1. The van der Waals surface area contributed by atoms with E-state index in [1.807, 2.05) is 6.79 Å². The lowest BCUT2D eigenvalue weighted by Gasteiger charge is -1.89. The molecule has 0 fully saturated rings. The van der Waals surface area contributed by atoms with Crippen molar-refractivity contribution in [2.24, 2.45) is 0 Å². The molecule has 3 N–H and O–H groups in total. The minimum Gasteiger partial charge on any atom is -0.481 e. The number of esters is 1. The lowest BCUT2D eigenvalue weighted by Crippen LogP contribution is -1.95. The van der Waals surface area contributed by atoms with Gasteiger partial charge in [-0.1, -0.05) is 0 Å². The SMILES string of the molecule is C=O.CC(=O)O.CCOC(C)=O.O. The summed E-state index contributed by atoms with van der Waals surface area (Å²) >= 11 is 0. The highest BCUT2D eigenvalue weighted by molar-refractivity contribution is 5.65. The Hall–Kier alpha value is -1.43. The summed E-state index contributed by atoms with van der Waals surface area (Å²) < 4.78 is 4.40. The largest absolute Gasteiger partial charge is 0.481 e. The maximum atomic E-state index is 9.82. The Morgan fingerprint density at radius 1 is 1.31 bits per heavy atom. The summed E-state index contributed by atoms with van der Waals surface area (Å²) in [5.74, 6) is -1.04. The van der Waals surface area contributed by atoms with Crippen molar-refractivity contribution in [2.45, 2.75) is 20.8 Å². The summed E-state index contributed by atoms with van der Waals surface area (Å²) in [7, 11) is 0. The lowest BCUT2D eigenvalue weighted by atomic mass is 10.8. The van der Waals surface area contributed by atoms with Crippen molar-refractivity contribution in [3.63, 3.8) is 0 Å². The monoisotopic (exact) mass is 196 g/mol. The van der Waals surface area contributed by atoms with Crippen molar-refractivity contribution in [1.82, 2.24) is 0 Å². The van der Waals surface area contributed by atoms with Crippen LogP contribution in [0.15, 0.2) is 0 Å². The molecule has 0 spiro atoms. The van der Waals surface area contributed by atoms with Gasteiger partial charge in [-0.05, 0) is 6.92 Å². The van der Waals surface area contributed by atoms with E-state index in [1.54, 1.807) is 6.92 Å². The van der Waals surface area contributed by atoms with Gasteiger partial charge in [0.25, 0.3) is 5.97 Å². The van der Waals surface area contributed by atoms with Gasteiger partial charge in [0, 0.05) is 13.8 Å². The number of carbonyl (C=O) groups excluding carboxylic acids is 2. The quantitative estimate of drug-likeness (QED) is 0.576. The smallest absolute Gasteiger partial charge is 0.302 e. The zero-order chi connectivity index (χ0) is 10.6. The maximum Gasteiger partial charge on any atom is 0.302 e. The van der Waals surface area contributed by atoms with E-state index in [0.29, 0.717) is 6.61 Å². The second-order valence-corrected chi connectivity index (χ2v) is 1.44. The first-order chi connectivity index (χ1) is 5.50. The van der Waals surface area contributed by atoms with E-state index in [4.69, 9.17) is 14.7 Å². The maximum absolute atomic E-state index is 9.82. The molecule has 0 aliphatic rings. The number of ether oxygens (including phenoxy) is 1. The molecule has 0 aromatic heterocycles. The van der Waals surface area contributed by atoms with Crippen molar-refractivity contribution in [2.75, 3.05) is 6.61 Å². The summed E-state index contributed by atoms with van der Waals surface area (Å²) in [5.41, 5.74) is 0. The highest BCUT2D eigenvalue weighted by atomic mass is 16.5. The van der Waals surface area contributed by atoms with Gasteiger partial charge in [0.2, 0.25) is 0 Å². The number of hydrogen-bond acceptors (Lipinski definition) is 4. The molecule has 0 bridgehead atoms. The molecular weight excluding hydrogens is 180 g/mol. The molecule has 6 nitrogen and oxygen atoms in total. The van der Waals surface area contributed by atoms with Crippen LogP contribution in [0, 0.1) is 0 Å². The molecule has 0 unspecified atom stereocenters. The highest BCUT2D eigenvalue weighted by Crippen LogP contribution is 1.69. The van der Waals surface area contributed by atoms with Gasteiger partial charge in [-0.15, -0.1) is 0 Å².